The van der Waals surface area contributed by atoms with Gasteiger partial charge in [-0.15, -0.1) is 0 Å². The van der Waals surface area contributed by atoms with Gasteiger partial charge in [0.1, 0.15) is 5.69 Å². The summed E-state index contributed by atoms with van der Waals surface area (Å²) in [4.78, 5) is 0. The van der Waals surface area contributed by atoms with Crippen LogP contribution in [0.15, 0.2) is 6.20 Å². The first kappa shape index (κ1) is 9.44. The van der Waals surface area contributed by atoms with Gasteiger partial charge in [0.05, 0.1) is 6.20 Å². The third-order valence-corrected chi connectivity index (χ3v) is 1.90. The van der Waals surface area contributed by atoms with Crippen LogP contribution in [0.3, 0.4) is 0 Å². The third kappa shape index (κ3) is 1.94. The zero-order valence-electron chi connectivity index (χ0n) is 6.27. The largest absolute Gasteiger partial charge is 0.433 e. The summed E-state index contributed by atoms with van der Waals surface area (Å²) < 4.78 is 36.4. The van der Waals surface area contributed by atoms with Gasteiger partial charge in [0.2, 0.25) is 0 Å². The van der Waals surface area contributed by atoms with Crippen molar-refractivity contribution in [3.63, 3.8) is 0 Å². The van der Waals surface area contributed by atoms with Gasteiger partial charge in [0, 0.05) is 11.3 Å². The number of halogens is 3. The van der Waals surface area contributed by atoms with Crippen LogP contribution in [0.4, 0.5) is 13.2 Å². The van der Waals surface area contributed by atoms with Gasteiger partial charge in [-0.3, -0.25) is 5.10 Å². The van der Waals surface area contributed by atoms with Gasteiger partial charge in [0.25, 0.3) is 0 Å². The Bertz CT molecular complexity index is 256. The second kappa shape index (κ2) is 3.38. The molecule has 1 N–H and O–H groups in total. The molecule has 1 aromatic heterocycles. The maximum Gasteiger partial charge on any atom is 0.433 e. The lowest BCUT2D eigenvalue weighted by Crippen LogP contribution is -2.08. The molecule has 1 rings (SSSR count). The predicted octanol–water partition coefficient (Wildman–Crippen LogP) is 2.29. The Labute approximate surface area is 71.5 Å². The highest BCUT2D eigenvalue weighted by Crippen LogP contribution is 2.31. The van der Waals surface area contributed by atoms with Crippen molar-refractivity contribution in [1.82, 2.24) is 10.2 Å². The first-order valence-electron chi connectivity index (χ1n) is 3.14. The van der Waals surface area contributed by atoms with E-state index in [2.05, 4.69) is 5.10 Å². The second-order valence-electron chi connectivity index (χ2n) is 2.20. The predicted molar refractivity (Wildman–Crippen MR) is 40.8 cm³/mol. The maximum atomic E-state index is 12.1. The summed E-state index contributed by atoms with van der Waals surface area (Å²) in [6, 6.07) is 0. The number of aromatic amines is 1. The molecule has 0 saturated carbocycles. The highest BCUT2D eigenvalue weighted by molar-refractivity contribution is 7.97. The average Bonchev–Trinajstić information content (AvgIpc) is 2.34. The molecule has 0 saturated heterocycles. The van der Waals surface area contributed by atoms with Crippen molar-refractivity contribution in [3.8, 4) is 0 Å². The van der Waals surface area contributed by atoms with E-state index in [9.17, 15) is 13.2 Å². The summed E-state index contributed by atoms with van der Waals surface area (Å²) in [5.74, 6) is 0.325. The minimum Gasteiger partial charge on any atom is -0.273 e. The van der Waals surface area contributed by atoms with Crippen LogP contribution in [0.2, 0.25) is 0 Å². The first-order valence-corrected chi connectivity index (χ1v) is 4.53. The number of nitrogens with one attached hydrogen (secondary N) is 1. The van der Waals surface area contributed by atoms with Gasteiger partial charge in [-0.2, -0.15) is 30.0 Å². The van der Waals surface area contributed by atoms with E-state index in [1.54, 1.807) is 6.26 Å². The monoisotopic (exact) mass is 196 g/mol. The lowest BCUT2D eigenvalue weighted by atomic mass is 10.3. The molecule has 1 heterocycles. The average molecular weight is 196 g/mol. The molecule has 0 aliphatic rings. The molecule has 12 heavy (non-hydrogen) atoms. The SMILES string of the molecule is CSCc1cn[nH]c1C(F)(F)F. The van der Waals surface area contributed by atoms with Gasteiger partial charge in [-0.25, -0.2) is 0 Å². The minimum absolute atomic E-state index is 0.204. The van der Waals surface area contributed by atoms with E-state index in [-0.39, 0.29) is 5.56 Å². The lowest BCUT2D eigenvalue weighted by Gasteiger charge is -2.04. The molecule has 0 unspecified atom stereocenters. The summed E-state index contributed by atoms with van der Waals surface area (Å²) in [5.41, 5.74) is -0.535. The van der Waals surface area contributed by atoms with Crippen LogP contribution in [-0.4, -0.2) is 16.5 Å². The highest BCUT2D eigenvalue weighted by atomic mass is 32.2. The molecule has 6 heteroatoms. The zero-order chi connectivity index (χ0) is 9.19. The molecule has 1 aromatic rings. The number of thioether (sulfide) groups is 1. The van der Waals surface area contributed by atoms with Gasteiger partial charge >= 0.3 is 6.18 Å². The second-order valence-corrected chi connectivity index (χ2v) is 3.07. The minimum atomic E-state index is -4.32. The van der Waals surface area contributed by atoms with E-state index in [0.29, 0.717) is 5.75 Å². The summed E-state index contributed by atoms with van der Waals surface area (Å²) in [6.45, 7) is 0. The molecule has 0 spiro atoms. The van der Waals surface area contributed by atoms with E-state index in [1.807, 2.05) is 5.10 Å². The van der Waals surface area contributed by atoms with Crippen LogP contribution in [-0.2, 0) is 11.9 Å². The van der Waals surface area contributed by atoms with E-state index in [4.69, 9.17) is 0 Å². The molecule has 0 amide bonds. The van der Waals surface area contributed by atoms with Crippen molar-refractivity contribution >= 4 is 11.8 Å². The molecule has 0 atom stereocenters. The fourth-order valence-corrected chi connectivity index (χ4v) is 1.35. The highest BCUT2D eigenvalue weighted by Gasteiger charge is 2.35. The van der Waals surface area contributed by atoms with Crippen molar-refractivity contribution in [2.75, 3.05) is 6.26 Å². The third-order valence-electron chi connectivity index (χ3n) is 1.30. The van der Waals surface area contributed by atoms with E-state index in [0.717, 1.165) is 0 Å². The van der Waals surface area contributed by atoms with Crippen LogP contribution in [0.1, 0.15) is 11.3 Å². The van der Waals surface area contributed by atoms with Crippen LogP contribution < -0.4 is 0 Å². The summed E-state index contributed by atoms with van der Waals surface area (Å²) in [7, 11) is 0. The summed E-state index contributed by atoms with van der Waals surface area (Å²) >= 11 is 1.33. The molecule has 68 valence electrons. The van der Waals surface area contributed by atoms with Crippen LogP contribution in [0.25, 0.3) is 0 Å². The Morgan fingerprint density at radius 1 is 1.58 bits per heavy atom. The molecule has 0 aliphatic heterocycles. The van der Waals surface area contributed by atoms with E-state index in [1.165, 1.54) is 18.0 Å². The topological polar surface area (TPSA) is 28.7 Å². The van der Waals surface area contributed by atoms with Crippen molar-refractivity contribution in [3.05, 3.63) is 17.5 Å². The Kier molecular flexibility index (Phi) is 2.66. The molecule has 0 aliphatic carbocycles. The fraction of sp³-hybridized carbons (Fsp3) is 0.500. The van der Waals surface area contributed by atoms with Gasteiger partial charge in [-0.05, 0) is 6.26 Å². The molecule has 0 bridgehead atoms. The van der Waals surface area contributed by atoms with Crippen LogP contribution >= 0.6 is 11.8 Å². The Morgan fingerprint density at radius 2 is 2.25 bits per heavy atom. The Morgan fingerprint density at radius 3 is 2.75 bits per heavy atom. The number of nitrogens with zero attached hydrogens (tertiary/aromatic N) is 1. The van der Waals surface area contributed by atoms with Crippen LogP contribution in [0, 0.1) is 0 Å². The van der Waals surface area contributed by atoms with Crippen molar-refractivity contribution in [1.29, 1.82) is 0 Å². The molecular weight excluding hydrogens is 189 g/mol. The van der Waals surface area contributed by atoms with Gasteiger partial charge in [0.15, 0.2) is 0 Å². The number of hydrogen-bond acceptors (Lipinski definition) is 2. The van der Waals surface area contributed by atoms with Crippen molar-refractivity contribution in [2.24, 2.45) is 0 Å². The quantitative estimate of drug-likeness (QED) is 0.786. The number of rotatable bonds is 2. The fourth-order valence-electron chi connectivity index (χ4n) is 0.821. The normalized spacial score (nSPS) is 12.0. The zero-order valence-corrected chi connectivity index (χ0v) is 7.09. The van der Waals surface area contributed by atoms with Crippen molar-refractivity contribution < 1.29 is 13.2 Å². The molecule has 0 fully saturated rings. The number of H-pyrrole nitrogens is 1. The number of aromatic nitrogens is 2. The smallest absolute Gasteiger partial charge is 0.273 e. The maximum absolute atomic E-state index is 12.1. The Balaban J connectivity index is 2.91. The van der Waals surface area contributed by atoms with Gasteiger partial charge in [-0.1, -0.05) is 0 Å². The Hall–Kier alpha value is -0.650. The molecular formula is C6H7F3N2S. The number of hydrogen-bond donors (Lipinski definition) is 1. The lowest BCUT2D eigenvalue weighted by molar-refractivity contribution is -0.141. The van der Waals surface area contributed by atoms with Gasteiger partial charge < -0.3 is 0 Å². The summed E-state index contributed by atoms with van der Waals surface area (Å²) in [6.07, 6.45) is -1.37. The first-order chi connectivity index (χ1) is 5.55. The van der Waals surface area contributed by atoms with E-state index >= 15 is 0 Å². The molecule has 0 radical (unpaired) electrons. The van der Waals surface area contributed by atoms with Crippen molar-refractivity contribution in [2.45, 2.75) is 11.9 Å². The van der Waals surface area contributed by atoms with E-state index < -0.39 is 11.9 Å². The molecule has 0 aromatic carbocycles. The molecule has 2 nitrogen and oxygen atoms in total. The standard InChI is InChI=1S/C6H7F3N2S/c1-12-3-4-2-10-11-5(4)6(7,8)9/h2H,3H2,1H3,(H,10,11). The number of alkyl halides is 3. The van der Waals surface area contributed by atoms with Crippen LogP contribution in [0.5, 0.6) is 0 Å². The summed E-state index contributed by atoms with van der Waals surface area (Å²) in [5, 5.41) is 5.29.